The summed E-state index contributed by atoms with van der Waals surface area (Å²) >= 11 is 0. The largest absolute Gasteiger partial charge is 0.504 e. The summed E-state index contributed by atoms with van der Waals surface area (Å²) in [5.74, 6) is -1.37. The second-order valence-corrected chi connectivity index (χ2v) is 4.58. The monoisotopic (exact) mass is 276 g/mol. The van der Waals surface area contributed by atoms with Crippen molar-refractivity contribution in [2.75, 3.05) is 0 Å². The molecule has 2 rings (SSSR count). The highest BCUT2D eigenvalue weighted by Gasteiger charge is 2.19. The summed E-state index contributed by atoms with van der Waals surface area (Å²) in [6, 6.07) is 3.08. The number of aryl methyl sites for hydroxylation is 1. The molecule has 1 aromatic heterocycles. The topological polar surface area (TPSA) is 87.7 Å². The Labute approximate surface area is 115 Å². The standard InChI is InChI=1S/C15H16O5/c1-3-5-9-8(11(16)4-2)6-7-10-12(17)13(18)15(19)20-14(9)10/h6-7,17-18H,3-5H2,1-2H3. The van der Waals surface area contributed by atoms with Crippen LogP contribution in [-0.2, 0) is 6.42 Å². The second-order valence-electron chi connectivity index (χ2n) is 4.58. The Morgan fingerprint density at radius 1 is 1.20 bits per heavy atom. The maximum Gasteiger partial charge on any atom is 0.382 e. The molecule has 0 aliphatic rings. The Bertz CT molecular complexity index is 727. The van der Waals surface area contributed by atoms with Gasteiger partial charge in [0.05, 0.1) is 5.39 Å². The minimum atomic E-state index is -1.01. The summed E-state index contributed by atoms with van der Waals surface area (Å²) < 4.78 is 5.07. The van der Waals surface area contributed by atoms with Crippen LogP contribution in [0, 0.1) is 0 Å². The molecule has 106 valence electrons. The van der Waals surface area contributed by atoms with Crippen molar-refractivity contribution in [2.45, 2.75) is 33.1 Å². The van der Waals surface area contributed by atoms with Crippen molar-refractivity contribution in [3.63, 3.8) is 0 Å². The molecule has 5 heteroatoms. The van der Waals surface area contributed by atoms with Gasteiger partial charge in [-0.15, -0.1) is 0 Å². The van der Waals surface area contributed by atoms with E-state index < -0.39 is 17.1 Å². The minimum absolute atomic E-state index is 0.0504. The lowest BCUT2D eigenvalue weighted by Gasteiger charge is -2.11. The SMILES string of the molecule is CCCc1c(C(=O)CC)ccc2c(O)c(O)c(=O)oc12. The molecule has 0 aliphatic carbocycles. The molecule has 20 heavy (non-hydrogen) atoms. The molecule has 0 saturated heterocycles. The molecule has 1 heterocycles. The first kappa shape index (κ1) is 14.1. The van der Waals surface area contributed by atoms with Gasteiger partial charge in [0.15, 0.2) is 11.5 Å². The van der Waals surface area contributed by atoms with Gasteiger partial charge in [0, 0.05) is 17.5 Å². The third-order valence-corrected chi connectivity index (χ3v) is 3.25. The van der Waals surface area contributed by atoms with E-state index in [2.05, 4.69) is 0 Å². The van der Waals surface area contributed by atoms with E-state index in [0.29, 0.717) is 24.0 Å². The van der Waals surface area contributed by atoms with Gasteiger partial charge in [0.25, 0.3) is 0 Å². The van der Waals surface area contributed by atoms with E-state index in [-0.39, 0.29) is 16.8 Å². The van der Waals surface area contributed by atoms with Crippen LogP contribution in [0.5, 0.6) is 11.5 Å². The zero-order valence-electron chi connectivity index (χ0n) is 11.4. The molecule has 0 aliphatic heterocycles. The summed E-state index contributed by atoms with van der Waals surface area (Å²) in [5, 5.41) is 19.5. The third kappa shape index (κ3) is 2.15. The van der Waals surface area contributed by atoms with E-state index in [9.17, 15) is 19.8 Å². The molecular formula is C15H16O5. The van der Waals surface area contributed by atoms with Crippen molar-refractivity contribution >= 4 is 16.8 Å². The first-order chi connectivity index (χ1) is 9.51. The Kier molecular flexibility index (Phi) is 3.79. The van der Waals surface area contributed by atoms with Crippen LogP contribution in [0.25, 0.3) is 11.0 Å². The van der Waals surface area contributed by atoms with E-state index in [4.69, 9.17) is 4.42 Å². The number of benzene rings is 1. The molecule has 2 aromatic rings. The zero-order valence-corrected chi connectivity index (χ0v) is 11.4. The number of hydrogen-bond donors (Lipinski definition) is 2. The Morgan fingerprint density at radius 2 is 1.90 bits per heavy atom. The lowest BCUT2D eigenvalue weighted by molar-refractivity contribution is 0.0987. The molecule has 2 N–H and O–H groups in total. The molecule has 0 saturated carbocycles. The predicted octanol–water partition coefficient (Wildman–Crippen LogP) is 2.75. The lowest BCUT2D eigenvalue weighted by Crippen LogP contribution is -2.06. The second kappa shape index (κ2) is 5.36. The van der Waals surface area contributed by atoms with Crippen molar-refractivity contribution in [2.24, 2.45) is 0 Å². The molecule has 0 unspecified atom stereocenters. The molecule has 0 fully saturated rings. The van der Waals surface area contributed by atoms with E-state index in [1.807, 2.05) is 6.92 Å². The number of Topliss-reactive ketones (excluding diaryl/α,β-unsaturated/α-hetero) is 1. The van der Waals surface area contributed by atoms with Gasteiger partial charge in [-0.05, 0) is 12.5 Å². The maximum atomic E-state index is 12.0. The molecule has 0 atom stereocenters. The van der Waals surface area contributed by atoms with Crippen LogP contribution in [0.2, 0.25) is 0 Å². The van der Waals surface area contributed by atoms with Gasteiger partial charge in [-0.2, -0.15) is 0 Å². The van der Waals surface area contributed by atoms with Crippen LogP contribution < -0.4 is 5.63 Å². The van der Waals surface area contributed by atoms with Crippen LogP contribution in [0.15, 0.2) is 21.3 Å². The van der Waals surface area contributed by atoms with Crippen molar-refractivity contribution in [1.29, 1.82) is 0 Å². The summed E-state index contributed by atoms with van der Waals surface area (Å²) in [6.45, 7) is 3.70. The van der Waals surface area contributed by atoms with Gasteiger partial charge in [0.2, 0.25) is 5.75 Å². The van der Waals surface area contributed by atoms with E-state index >= 15 is 0 Å². The number of fused-ring (bicyclic) bond motifs is 1. The van der Waals surface area contributed by atoms with E-state index in [1.165, 1.54) is 6.07 Å². The fourth-order valence-corrected chi connectivity index (χ4v) is 2.25. The van der Waals surface area contributed by atoms with Gasteiger partial charge in [0.1, 0.15) is 5.58 Å². The molecular weight excluding hydrogens is 260 g/mol. The van der Waals surface area contributed by atoms with Crippen molar-refractivity contribution in [3.8, 4) is 11.5 Å². The highest BCUT2D eigenvalue weighted by molar-refractivity contribution is 6.02. The molecule has 0 bridgehead atoms. The van der Waals surface area contributed by atoms with Crippen molar-refractivity contribution in [3.05, 3.63) is 33.7 Å². The van der Waals surface area contributed by atoms with Crippen LogP contribution >= 0.6 is 0 Å². The summed E-state index contributed by atoms with van der Waals surface area (Å²) in [6.07, 6.45) is 1.65. The van der Waals surface area contributed by atoms with Gasteiger partial charge in [-0.25, -0.2) is 4.79 Å². The van der Waals surface area contributed by atoms with E-state index in [0.717, 1.165) is 6.42 Å². The summed E-state index contributed by atoms with van der Waals surface area (Å²) in [7, 11) is 0. The fraction of sp³-hybridized carbons (Fsp3) is 0.333. The maximum absolute atomic E-state index is 12.0. The summed E-state index contributed by atoms with van der Waals surface area (Å²) in [5.41, 5.74) is 0.263. The van der Waals surface area contributed by atoms with Gasteiger partial charge in [-0.1, -0.05) is 26.3 Å². The highest BCUT2D eigenvalue weighted by Crippen LogP contribution is 2.34. The van der Waals surface area contributed by atoms with Gasteiger partial charge >= 0.3 is 5.63 Å². The molecule has 0 spiro atoms. The van der Waals surface area contributed by atoms with Crippen molar-refractivity contribution in [1.82, 2.24) is 0 Å². The quantitative estimate of drug-likeness (QED) is 0.662. The van der Waals surface area contributed by atoms with Crippen LogP contribution in [0.1, 0.15) is 42.6 Å². The summed E-state index contributed by atoms with van der Waals surface area (Å²) in [4.78, 5) is 23.5. The number of hydrogen-bond acceptors (Lipinski definition) is 5. The molecule has 0 amide bonds. The zero-order chi connectivity index (χ0) is 14.9. The van der Waals surface area contributed by atoms with E-state index in [1.54, 1.807) is 13.0 Å². The van der Waals surface area contributed by atoms with Crippen LogP contribution in [-0.4, -0.2) is 16.0 Å². The number of carbonyl (C=O) groups is 1. The molecule has 5 nitrogen and oxygen atoms in total. The van der Waals surface area contributed by atoms with Gasteiger partial charge in [-0.3, -0.25) is 4.79 Å². The number of aromatic hydroxyl groups is 2. The Balaban J connectivity index is 2.88. The van der Waals surface area contributed by atoms with Gasteiger partial charge < -0.3 is 14.6 Å². The Morgan fingerprint density at radius 3 is 2.50 bits per heavy atom. The Hall–Kier alpha value is -2.30. The number of rotatable bonds is 4. The lowest BCUT2D eigenvalue weighted by atomic mass is 9.96. The molecule has 1 aromatic carbocycles. The first-order valence-corrected chi connectivity index (χ1v) is 6.55. The first-order valence-electron chi connectivity index (χ1n) is 6.55. The fourth-order valence-electron chi connectivity index (χ4n) is 2.25. The smallest absolute Gasteiger partial charge is 0.382 e. The van der Waals surface area contributed by atoms with Crippen molar-refractivity contribution < 1.29 is 19.4 Å². The van der Waals surface area contributed by atoms with Crippen LogP contribution in [0.4, 0.5) is 0 Å². The van der Waals surface area contributed by atoms with Crippen LogP contribution in [0.3, 0.4) is 0 Å². The average Bonchev–Trinajstić information content (AvgIpc) is 2.45. The average molecular weight is 276 g/mol. The molecule has 0 radical (unpaired) electrons. The number of ketones is 1. The predicted molar refractivity (Wildman–Crippen MR) is 74.4 cm³/mol. The number of carbonyl (C=O) groups excluding carboxylic acids is 1. The normalized spacial score (nSPS) is 10.9. The third-order valence-electron chi connectivity index (χ3n) is 3.25. The minimum Gasteiger partial charge on any atom is -0.504 e. The highest BCUT2D eigenvalue weighted by atomic mass is 16.4.